The molecule has 0 spiro atoms. The van der Waals surface area contributed by atoms with Crippen molar-refractivity contribution in [2.24, 2.45) is 28.6 Å². The summed E-state index contributed by atoms with van der Waals surface area (Å²) < 4.78 is 0. The Balaban J connectivity index is 2.17. The van der Waals surface area contributed by atoms with Crippen LogP contribution in [0.15, 0.2) is 12.7 Å². The Morgan fingerprint density at radius 1 is 1.25 bits per heavy atom. The maximum absolute atomic E-state index is 9.84. The van der Waals surface area contributed by atoms with Crippen molar-refractivity contribution in [3.05, 3.63) is 12.7 Å². The van der Waals surface area contributed by atoms with E-state index in [-0.39, 0.29) is 6.10 Å². The van der Waals surface area contributed by atoms with Gasteiger partial charge in [-0.1, -0.05) is 46.6 Å². The van der Waals surface area contributed by atoms with Crippen LogP contribution in [0.2, 0.25) is 0 Å². The zero-order chi connectivity index (χ0) is 15.0. The third-order valence-electron chi connectivity index (χ3n) is 6.77. The third-order valence-corrected chi connectivity index (χ3v) is 6.77. The van der Waals surface area contributed by atoms with Gasteiger partial charge in [-0.05, 0) is 60.7 Å². The van der Waals surface area contributed by atoms with Crippen molar-refractivity contribution in [3.8, 4) is 0 Å². The van der Waals surface area contributed by atoms with E-state index in [9.17, 15) is 5.11 Å². The summed E-state index contributed by atoms with van der Waals surface area (Å²) in [5, 5.41) is 9.84. The molecule has 0 amide bonds. The molecule has 5 atom stereocenters. The Labute approximate surface area is 125 Å². The summed E-state index contributed by atoms with van der Waals surface area (Å²) in [7, 11) is 0. The Kier molecular flexibility index (Phi) is 4.69. The van der Waals surface area contributed by atoms with Crippen LogP contribution < -0.4 is 0 Å². The monoisotopic (exact) mass is 278 g/mol. The Morgan fingerprint density at radius 2 is 1.95 bits per heavy atom. The van der Waals surface area contributed by atoms with Gasteiger partial charge in [0, 0.05) is 0 Å². The molecule has 0 radical (unpaired) electrons. The molecule has 0 aromatic heterocycles. The highest BCUT2D eigenvalue weighted by molar-refractivity contribution is 5.03. The fourth-order valence-corrected chi connectivity index (χ4v) is 5.69. The summed E-state index contributed by atoms with van der Waals surface area (Å²) in [6.07, 6.45) is 10.4. The van der Waals surface area contributed by atoms with Crippen molar-refractivity contribution < 1.29 is 5.11 Å². The number of fused-ring (bicyclic) bond motifs is 1. The van der Waals surface area contributed by atoms with Gasteiger partial charge < -0.3 is 5.11 Å². The molecular formula is C19H34O. The molecule has 0 aromatic rings. The quantitative estimate of drug-likeness (QED) is 0.701. The smallest absolute Gasteiger partial charge is 0.0718 e. The first-order chi connectivity index (χ1) is 9.31. The van der Waals surface area contributed by atoms with Crippen LogP contribution >= 0.6 is 0 Å². The van der Waals surface area contributed by atoms with Crippen molar-refractivity contribution >= 4 is 0 Å². The summed E-state index contributed by atoms with van der Waals surface area (Å²) in [6, 6.07) is 0. The van der Waals surface area contributed by atoms with Crippen molar-refractivity contribution in [2.45, 2.75) is 78.7 Å². The predicted octanol–water partition coefficient (Wildman–Crippen LogP) is 5.19. The van der Waals surface area contributed by atoms with Crippen LogP contribution in [0.5, 0.6) is 0 Å². The van der Waals surface area contributed by atoms with Gasteiger partial charge in [0.15, 0.2) is 0 Å². The topological polar surface area (TPSA) is 20.2 Å². The van der Waals surface area contributed by atoms with Gasteiger partial charge in [0.1, 0.15) is 0 Å². The van der Waals surface area contributed by atoms with E-state index in [0.29, 0.717) is 10.8 Å². The fraction of sp³-hybridized carbons (Fsp3) is 0.895. The molecule has 0 aliphatic heterocycles. The lowest BCUT2D eigenvalue weighted by atomic mass is 9.46. The predicted molar refractivity (Wildman–Crippen MR) is 86.6 cm³/mol. The molecule has 0 saturated heterocycles. The van der Waals surface area contributed by atoms with Crippen molar-refractivity contribution in [1.29, 1.82) is 0 Å². The van der Waals surface area contributed by atoms with Crippen LogP contribution in [0, 0.1) is 28.6 Å². The van der Waals surface area contributed by atoms with E-state index in [1.165, 1.54) is 32.1 Å². The summed E-state index contributed by atoms with van der Waals surface area (Å²) in [5.41, 5.74) is 0.989. The molecule has 2 fully saturated rings. The van der Waals surface area contributed by atoms with Gasteiger partial charge in [-0.2, -0.15) is 0 Å². The standard InChI is InChI=1S/C19H34O/c1-6-15(20)9-10-16-14(2)8-11-17-18(3,4)12-7-13-19(16,17)5/h6,14-17,20H,1,7-13H2,2-5H3. The SMILES string of the molecule is C=CC(O)CCC1C(C)CCC2C(C)(C)CCCC12C. The molecule has 1 N–H and O–H groups in total. The van der Waals surface area contributed by atoms with E-state index in [4.69, 9.17) is 0 Å². The van der Waals surface area contributed by atoms with Gasteiger partial charge >= 0.3 is 0 Å². The number of hydrogen-bond acceptors (Lipinski definition) is 1. The maximum Gasteiger partial charge on any atom is 0.0718 e. The van der Waals surface area contributed by atoms with Crippen molar-refractivity contribution in [2.75, 3.05) is 0 Å². The molecule has 2 rings (SSSR count). The van der Waals surface area contributed by atoms with Crippen LogP contribution in [0.25, 0.3) is 0 Å². The van der Waals surface area contributed by atoms with Gasteiger partial charge in [0.25, 0.3) is 0 Å². The normalized spacial score (nSPS) is 41.8. The number of hydrogen-bond donors (Lipinski definition) is 1. The molecular weight excluding hydrogens is 244 g/mol. The van der Waals surface area contributed by atoms with Crippen LogP contribution in [0.4, 0.5) is 0 Å². The lowest BCUT2D eigenvalue weighted by molar-refractivity contribution is -0.0978. The average molecular weight is 278 g/mol. The van der Waals surface area contributed by atoms with E-state index in [1.54, 1.807) is 6.08 Å². The maximum atomic E-state index is 9.84. The van der Waals surface area contributed by atoms with Crippen LogP contribution in [0.3, 0.4) is 0 Å². The zero-order valence-electron chi connectivity index (χ0n) is 14.0. The van der Waals surface area contributed by atoms with Crippen LogP contribution in [0.1, 0.15) is 72.6 Å². The Morgan fingerprint density at radius 3 is 2.60 bits per heavy atom. The summed E-state index contributed by atoms with van der Waals surface area (Å²) >= 11 is 0. The Bertz CT molecular complexity index is 346. The minimum absolute atomic E-state index is 0.317. The van der Waals surface area contributed by atoms with E-state index >= 15 is 0 Å². The van der Waals surface area contributed by atoms with Gasteiger partial charge in [0.2, 0.25) is 0 Å². The molecule has 20 heavy (non-hydrogen) atoms. The lowest BCUT2D eigenvalue weighted by Crippen LogP contribution is -2.51. The van der Waals surface area contributed by atoms with E-state index in [1.807, 2.05) is 0 Å². The van der Waals surface area contributed by atoms with Gasteiger partial charge in [-0.3, -0.25) is 0 Å². The second-order valence-electron chi connectivity index (χ2n) is 8.44. The molecule has 0 bridgehead atoms. The van der Waals surface area contributed by atoms with E-state index < -0.39 is 0 Å². The lowest BCUT2D eigenvalue weighted by Gasteiger charge is -2.59. The second-order valence-corrected chi connectivity index (χ2v) is 8.44. The second kappa shape index (κ2) is 5.83. The molecule has 0 aromatic carbocycles. The molecule has 5 unspecified atom stereocenters. The highest BCUT2D eigenvalue weighted by Gasteiger charge is 2.53. The summed E-state index contributed by atoms with van der Waals surface area (Å²) in [4.78, 5) is 0. The molecule has 2 saturated carbocycles. The molecule has 1 heteroatoms. The van der Waals surface area contributed by atoms with Crippen molar-refractivity contribution in [1.82, 2.24) is 0 Å². The highest BCUT2D eigenvalue weighted by atomic mass is 16.3. The first kappa shape index (κ1) is 16.1. The first-order valence-electron chi connectivity index (χ1n) is 8.62. The van der Waals surface area contributed by atoms with Crippen LogP contribution in [-0.4, -0.2) is 11.2 Å². The molecule has 116 valence electrons. The first-order valence-corrected chi connectivity index (χ1v) is 8.62. The molecule has 1 nitrogen and oxygen atoms in total. The number of aliphatic hydroxyl groups excluding tert-OH is 1. The van der Waals surface area contributed by atoms with Gasteiger partial charge in [-0.25, -0.2) is 0 Å². The minimum atomic E-state index is -0.317. The average Bonchev–Trinajstić information content (AvgIpc) is 2.36. The molecule has 2 aliphatic carbocycles. The minimum Gasteiger partial charge on any atom is -0.389 e. The van der Waals surface area contributed by atoms with Crippen molar-refractivity contribution in [3.63, 3.8) is 0 Å². The number of rotatable bonds is 4. The highest BCUT2D eigenvalue weighted by Crippen LogP contribution is 2.61. The molecule has 2 aliphatic rings. The number of aliphatic hydroxyl groups is 1. The largest absolute Gasteiger partial charge is 0.389 e. The van der Waals surface area contributed by atoms with Gasteiger partial charge in [-0.15, -0.1) is 6.58 Å². The fourth-order valence-electron chi connectivity index (χ4n) is 5.69. The van der Waals surface area contributed by atoms with E-state index in [2.05, 4.69) is 34.3 Å². The van der Waals surface area contributed by atoms with E-state index in [0.717, 1.165) is 30.6 Å². The zero-order valence-corrected chi connectivity index (χ0v) is 14.0. The Hall–Kier alpha value is -0.300. The third kappa shape index (κ3) is 2.84. The molecule has 0 heterocycles. The summed E-state index contributed by atoms with van der Waals surface area (Å²) in [5.74, 6) is 2.45. The summed E-state index contributed by atoms with van der Waals surface area (Å²) in [6.45, 7) is 13.7. The van der Waals surface area contributed by atoms with Gasteiger partial charge in [0.05, 0.1) is 6.10 Å². The van der Waals surface area contributed by atoms with Crippen LogP contribution in [-0.2, 0) is 0 Å².